The summed E-state index contributed by atoms with van der Waals surface area (Å²) in [5.41, 5.74) is 3.43. The van der Waals surface area contributed by atoms with Crippen LogP contribution in [0, 0.1) is 20.8 Å². The first kappa shape index (κ1) is 18.4. The molecule has 0 saturated heterocycles. The Hall–Kier alpha value is -2.43. The summed E-state index contributed by atoms with van der Waals surface area (Å²) in [7, 11) is 0. The van der Waals surface area contributed by atoms with Crippen molar-refractivity contribution in [1.29, 1.82) is 0 Å². The van der Waals surface area contributed by atoms with Crippen LogP contribution in [0.25, 0.3) is 0 Å². The molecule has 1 saturated carbocycles. The van der Waals surface area contributed by atoms with Crippen molar-refractivity contribution in [2.75, 3.05) is 10.6 Å². The number of nitrogens with one attached hydrogen (secondary N) is 2. The fraction of sp³-hybridized carbons (Fsp3) is 0.476. The van der Waals surface area contributed by atoms with Gasteiger partial charge in [0.1, 0.15) is 17.3 Å². The second-order valence-electron chi connectivity index (χ2n) is 7.29. The molecule has 5 heteroatoms. The zero-order chi connectivity index (χ0) is 18.5. The van der Waals surface area contributed by atoms with Crippen LogP contribution in [0.5, 0.6) is 0 Å². The largest absolute Gasteiger partial charge is 0.367 e. The van der Waals surface area contributed by atoms with Crippen LogP contribution >= 0.6 is 0 Å². The predicted molar refractivity (Wildman–Crippen MR) is 106 cm³/mol. The van der Waals surface area contributed by atoms with Gasteiger partial charge >= 0.3 is 0 Å². The molecule has 1 fully saturated rings. The Kier molecular flexibility index (Phi) is 5.86. The maximum Gasteiger partial charge on any atom is 0.274 e. The van der Waals surface area contributed by atoms with E-state index in [-0.39, 0.29) is 5.91 Å². The third kappa shape index (κ3) is 4.81. The molecule has 1 heterocycles. The highest BCUT2D eigenvalue weighted by Gasteiger charge is 2.16. The van der Waals surface area contributed by atoms with Crippen molar-refractivity contribution in [2.24, 2.45) is 0 Å². The smallest absolute Gasteiger partial charge is 0.274 e. The molecule has 0 bridgehead atoms. The average Bonchev–Trinajstić information content (AvgIpc) is 2.85. The van der Waals surface area contributed by atoms with Crippen molar-refractivity contribution in [3.05, 3.63) is 46.9 Å². The summed E-state index contributed by atoms with van der Waals surface area (Å²) in [6.07, 6.45) is 7.44. The highest BCUT2D eigenvalue weighted by atomic mass is 16.1. The van der Waals surface area contributed by atoms with E-state index in [1.165, 1.54) is 31.2 Å². The summed E-state index contributed by atoms with van der Waals surface area (Å²) >= 11 is 0. The third-order valence-corrected chi connectivity index (χ3v) is 4.91. The fourth-order valence-corrected chi connectivity index (χ4v) is 3.53. The van der Waals surface area contributed by atoms with Gasteiger partial charge in [0.25, 0.3) is 5.91 Å². The Labute approximate surface area is 155 Å². The lowest BCUT2D eigenvalue weighted by Crippen LogP contribution is -2.21. The Balaban J connectivity index is 1.74. The molecular weight excluding hydrogens is 324 g/mol. The molecule has 138 valence electrons. The highest BCUT2D eigenvalue weighted by Crippen LogP contribution is 2.21. The Bertz CT molecular complexity index is 780. The van der Waals surface area contributed by atoms with E-state index in [2.05, 4.69) is 26.7 Å². The van der Waals surface area contributed by atoms with E-state index >= 15 is 0 Å². The Morgan fingerprint density at radius 2 is 1.73 bits per heavy atom. The summed E-state index contributed by atoms with van der Waals surface area (Å²) in [6.45, 7) is 5.86. The van der Waals surface area contributed by atoms with Crippen LogP contribution in [0.2, 0.25) is 0 Å². The lowest BCUT2D eigenvalue weighted by molar-refractivity contribution is 0.102. The van der Waals surface area contributed by atoms with E-state index in [1.54, 1.807) is 6.07 Å². The van der Waals surface area contributed by atoms with Crippen molar-refractivity contribution in [2.45, 2.75) is 65.3 Å². The van der Waals surface area contributed by atoms with Crippen LogP contribution in [-0.4, -0.2) is 21.9 Å². The summed E-state index contributed by atoms with van der Waals surface area (Å²) in [6, 6.07) is 8.17. The van der Waals surface area contributed by atoms with Gasteiger partial charge in [-0.25, -0.2) is 9.97 Å². The summed E-state index contributed by atoms with van der Waals surface area (Å²) < 4.78 is 0. The van der Waals surface area contributed by atoms with Gasteiger partial charge in [-0.05, 0) is 45.2 Å². The number of benzene rings is 1. The second kappa shape index (κ2) is 8.30. The topological polar surface area (TPSA) is 66.9 Å². The van der Waals surface area contributed by atoms with E-state index in [1.807, 2.05) is 32.9 Å². The standard InChI is InChI=1S/C21H28N4O/c1-14-10-11-18(15(2)12-14)25-21(26)19-13-20(23-16(3)22-19)24-17-8-6-4-5-7-9-17/h10-13,17H,4-9H2,1-3H3,(H,25,26)(H,22,23,24). The number of carbonyl (C=O) groups is 1. The SMILES string of the molecule is Cc1ccc(NC(=O)c2cc(NC3CCCCCC3)nc(C)n2)c(C)c1. The molecule has 2 N–H and O–H groups in total. The molecule has 0 aliphatic heterocycles. The average molecular weight is 352 g/mol. The van der Waals surface area contributed by atoms with Gasteiger partial charge in [0.2, 0.25) is 0 Å². The highest BCUT2D eigenvalue weighted by molar-refractivity contribution is 6.03. The van der Waals surface area contributed by atoms with Crippen molar-refractivity contribution >= 4 is 17.4 Å². The van der Waals surface area contributed by atoms with Crippen molar-refractivity contribution in [3.8, 4) is 0 Å². The molecule has 1 aromatic heterocycles. The monoisotopic (exact) mass is 352 g/mol. The molecule has 1 aliphatic rings. The second-order valence-corrected chi connectivity index (χ2v) is 7.29. The first-order chi connectivity index (χ1) is 12.5. The predicted octanol–water partition coefficient (Wildman–Crippen LogP) is 4.79. The molecule has 0 unspecified atom stereocenters. The Morgan fingerprint density at radius 3 is 2.42 bits per heavy atom. The number of rotatable bonds is 4. The molecule has 2 aromatic rings. The van der Waals surface area contributed by atoms with Gasteiger partial charge in [0, 0.05) is 17.8 Å². The number of aryl methyl sites for hydroxylation is 3. The van der Waals surface area contributed by atoms with Crippen LogP contribution in [0.1, 0.15) is 66.0 Å². The summed E-state index contributed by atoms with van der Waals surface area (Å²) in [4.78, 5) is 21.5. The van der Waals surface area contributed by atoms with E-state index in [0.29, 0.717) is 17.6 Å². The van der Waals surface area contributed by atoms with Crippen LogP contribution < -0.4 is 10.6 Å². The number of carbonyl (C=O) groups excluding carboxylic acids is 1. The third-order valence-electron chi connectivity index (χ3n) is 4.91. The molecule has 1 amide bonds. The molecule has 5 nitrogen and oxygen atoms in total. The van der Waals surface area contributed by atoms with Crippen molar-refractivity contribution < 1.29 is 4.79 Å². The van der Waals surface area contributed by atoms with Gasteiger partial charge < -0.3 is 10.6 Å². The number of amides is 1. The van der Waals surface area contributed by atoms with Crippen molar-refractivity contribution in [1.82, 2.24) is 9.97 Å². The minimum Gasteiger partial charge on any atom is -0.367 e. The van der Waals surface area contributed by atoms with Gasteiger partial charge in [-0.15, -0.1) is 0 Å². The van der Waals surface area contributed by atoms with Crippen LogP contribution in [-0.2, 0) is 0 Å². The van der Waals surface area contributed by atoms with Crippen LogP contribution in [0.4, 0.5) is 11.5 Å². The summed E-state index contributed by atoms with van der Waals surface area (Å²) in [5.74, 6) is 1.15. The molecule has 26 heavy (non-hydrogen) atoms. The first-order valence-electron chi connectivity index (χ1n) is 9.52. The van der Waals surface area contributed by atoms with Crippen LogP contribution in [0.15, 0.2) is 24.3 Å². The van der Waals surface area contributed by atoms with E-state index in [4.69, 9.17) is 0 Å². The number of nitrogens with zero attached hydrogens (tertiary/aromatic N) is 2. The maximum atomic E-state index is 12.7. The van der Waals surface area contributed by atoms with Gasteiger partial charge in [-0.2, -0.15) is 0 Å². The quantitative estimate of drug-likeness (QED) is 0.777. The molecule has 0 radical (unpaired) electrons. The number of hydrogen-bond acceptors (Lipinski definition) is 4. The minimum absolute atomic E-state index is 0.202. The van der Waals surface area contributed by atoms with E-state index in [9.17, 15) is 4.79 Å². The van der Waals surface area contributed by atoms with Gasteiger partial charge in [-0.1, -0.05) is 43.4 Å². The first-order valence-corrected chi connectivity index (χ1v) is 9.52. The minimum atomic E-state index is -0.202. The normalized spacial score (nSPS) is 15.3. The number of hydrogen-bond donors (Lipinski definition) is 2. The van der Waals surface area contributed by atoms with Gasteiger partial charge in [-0.3, -0.25) is 4.79 Å². The molecular formula is C21H28N4O. The zero-order valence-corrected chi connectivity index (χ0v) is 15.9. The molecule has 0 atom stereocenters. The van der Waals surface area contributed by atoms with E-state index < -0.39 is 0 Å². The zero-order valence-electron chi connectivity index (χ0n) is 15.9. The molecule has 1 aliphatic carbocycles. The Morgan fingerprint density at radius 1 is 1.00 bits per heavy atom. The lowest BCUT2D eigenvalue weighted by atomic mass is 10.1. The van der Waals surface area contributed by atoms with Crippen LogP contribution in [0.3, 0.4) is 0 Å². The maximum absolute atomic E-state index is 12.7. The number of anilines is 2. The van der Waals surface area contributed by atoms with Gasteiger partial charge in [0.05, 0.1) is 0 Å². The molecule has 1 aromatic carbocycles. The van der Waals surface area contributed by atoms with Crippen molar-refractivity contribution in [3.63, 3.8) is 0 Å². The summed E-state index contributed by atoms with van der Waals surface area (Å²) in [5, 5.41) is 6.47. The lowest BCUT2D eigenvalue weighted by Gasteiger charge is -2.17. The fourth-order valence-electron chi connectivity index (χ4n) is 3.53. The number of aromatic nitrogens is 2. The van der Waals surface area contributed by atoms with E-state index in [0.717, 1.165) is 29.9 Å². The molecule has 0 spiro atoms. The van der Waals surface area contributed by atoms with Gasteiger partial charge in [0.15, 0.2) is 0 Å². The molecule has 3 rings (SSSR count).